The lowest BCUT2D eigenvalue weighted by Gasteiger charge is -2.19. The molecule has 2 aromatic carbocycles. The van der Waals surface area contributed by atoms with Gasteiger partial charge in [0.05, 0.1) is 6.54 Å². The molecule has 2 aromatic rings. The summed E-state index contributed by atoms with van der Waals surface area (Å²) in [5.41, 5.74) is 2.99. The van der Waals surface area contributed by atoms with E-state index in [2.05, 4.69) is 22.0 Å². The first kappa shape index (κ1) is 20.8. The normalized spacial score (nSPS) is 14.6. The van der Waals surface area contributed by atoms with Gasteiger partial charge in [-0.05, 0) is 49.8 Å². The fraction of sp³-hybridized carbons (Fsp3) is 0.333. The Labute approximate surface area is 172 Å². The first-order valence-corrected chi connectivity index (χ1v) is 10.3. The molecule has 0 radical (unpaired) electrons. The second kappa shape index (κ2) is 11.2. The monoisotopic (exact) mass is 391 g/mol. The predicted molar refractivity (Wildman–Crippen MR) is 116 cm³/mol. The Bertz CT molecular complexity index is 819. The van der Waals surface area contributed by atoms with Crippen molar-refractivity contribution in [2.75, 3.05) is 18.4 Å². The molecule has 152 valence electrons. The summed E-state index contributed by atoms with van der Waals surface area (Å²) in [4.78, 5) is 25.1. The number of amides is 2. The number of carbonyl (C=O) groups excluding carboxylic acids is 2. The molecule has 0 bridgehead atoms. The number of nitrogens with one attached hydrogen (secondary N) is 3. The van der Waals surface area contributed by atoms with E-state index in [1.807, 2.05) is 60.7 Å². The van der Waals surface area contributed by atoms with Gasteiger partial charge in [-0.2, -0.15) is 0 Å². The van der Waals surface area contributed by atoms with Crippen LogP contribution in [0.1, 0.15) is 43.7 Å². The van der Waals surface area contributed by atoms with Crippen LogP contribution in [0.25, 0.3) is 0 Å². The third-order valence-electron chi connectivity index (χ3n) is 5.06. The molecule has 5 heteroatoms. The van der Waals surface area contributed by atoms with E-state index in [9.17, 15) is 9.59 Å². The van der Waals surface area contributed by atoms with Crippen LogP contribution >= 0.6 is 0 Å². The second-order valence-corrected chi connectivity index (χ2v) is 7.29. The largest absolute Gasteiger partial charge is 0.355 e. The molecule has 29 heavy (non-hydrogen) atoms. The number of rotatable bonds is 9. The average molecular weight is 392 g/mol. The van der Waals surface area contributed by atoms with Crippen molar-refractivity contribution in [2.45, 2.75) is 38.1 Å². The van der Waals surface area contributed by atoms with Gasteiger partial charge in [0.2, 0.25) is 11.8 Å². The molecule has 1 atom stereocenters. The number of anilines is 1. The summed E-state index contributed by atoms with van der Waals surface area (Å²) in [6, 6.07) is 18.2. The zero-order valence-corrected chi connectivity index (χ0v) is 16.7. The zero-order chi connectivity index (χ0) is 20.3. The van der Waals surface area contributed by atoms with Crippen LogP contribution in [-0.2, 0) is 9.59 Å². The highest BCUT2D eigenvalue weighted by Gasteiger charge is 2.21. The average Bonchev–Trinajstić information content (AvgIpc) is 2.76. The van der Waals surface area contributed by atoms with Crippen LogP contribution in [0.4, 0.5) is 5.69 Å². The van der Waals surface area contributed by atoms with Crippen molar-refractivity contribution < 1.29 is 9.59 Å². The Balaban J connectivity index is 1.53. The lowest BCUT2D eigenvalue weighted by atomic mass is 9.97. The van der Waals surface area contributed by atoms with Crippen LogP contribution in [0.2, 0.25) is 0 Å². The highest BCUT2D eigenvalue weighted by molar-refractivity contribution is 5.95. The lowest BCUT2D eigenvalue weighted by molar-refractivity contribution is -0.121. The minimum absolute atomic E-state index is 0.0841. The van der Waals surface area contributed by atoms with Crippen LogP contribution in [0, 0.1) is 0 Å². The molecule has 0 saturated heterocycles. The lowest BCUT2D eigenvalue weighted by Crippen LogP contribution is -2.40. The van der Waals surface area contributed by atoms with E-state index in [1.165, 1.54) is 18.4 Å². The summed E-state index contributed by atoms with van der Waals surface area (Å²) in [6.45, 7) is 0.722. The molecule has 5 nitrogen and oxygen atoms in total. The Morgan fingerprint density at radius 1 is 0.931 bits per heavy atom. The molecule has 3 N–H and O–H groups in total. The summed E-state index contributed by atoms with van der Waals surface area (Å²) in [5, 5.41) is 8.97. The van der Waals surface area contributed by atoms with Gasteiger partial charge in [-0.15, -0.1) is 0 Å². The van der Waals surface area contributed by atoms with Gasteiger partial charge in [-0.25, -0.2) is 0 Å². The number of carbonyl (C=O) groups is 2. The van der Waals surface area contributed by atoms with Gasteiger partial charge in [0.25, 0.3) is 0 Å². The molecule has 0 spiro atoms. The van der Waals surface area contributed by atoms with E-state index in [0.717, 1.165) is 30.5 Å². The third-order valence-corrected chi connectivity index (χ3v) is 5.06. The number of hydrogen-bond acceptors (Lipinski definition) is 3. The standard InChI is InChI=1S/C24H29N3O2/c28-22(25-17-16-19-10-4-1-5-11-19)18-26-23(20-12-6-2-7-13-20)24(29)27-21-14-8-3-9-15-21/h2-3,6-10,12-15,23,26H,1,4-5,11,16-18H2,(H,25,28)(H,27,29). The van der Waals surface area contributed by atoms with Crippen LogP contribution in [0.3, 0.4) is 0 Å². The fourth-order valence-electron chi connectivity index (χ4n) is 3.49. The van der Waals surface area contributed by atoms with Gasteiger partial charge in [0.1, 0.15) is 6.04 Å². The van der Waals surface area contributed by atoms with Crippen molar-refractivity contribution in [3.63, 3.8) is 0 Å². The Kier molecular flexibility index (Phi) is 8.01. The van der Waals surface area contributed by atoms with Crippen molar-refractivity contribution in [2.24, 2.45) is 0 Å². The SMILES string of the molecule is O=C(CNC(C(=O)Nc1ccccc1)c1ccccc1)NCCC1=CCCCC1. The van der Waals surface area contributed by atoms with Gasteiger partial charge in [-0.1, -0.05) is 60.2 Å². The van der Waals surface area contributed by atoms with E-state index < -0.39 is 6.04 Å². The van der Waals surface area contributed by atoms with Gasteiger partial charge < -0.3 is 10.6 Å². The highest BCUT2D eigenvalue weighted by atomic mass is 16.2. The molecule has 0 fully saturated rings. The molecule has 0 saturated carbocycles. The van der Waals surface area contributed by atoms with Gasteiger partial charge >= 0.3 is 0 Å². The van der Waals surface area contributed by atoms with E-state index in [4.69, 9.17) is 0 Å². The maximum atomic E-state index is 12.8. The van der Waals surface area contributed by atoms with Crippen molar-refractivity contribution in [3.8, 4) is 0 Å². The molecule has 0 heterocycles. The first-order valence-electron chi connectivity index (χ1n) is 10.3. The summed E-state index contributed by atoms with van der Waals surface area (Å²) in [6.07, 6.45) is 8.02. The van der Waals surface area contributed by atoms with Crippen LogP contribution in [-0.4, -0.2) is 24.9 Å². The number of para-hydroxylation sites is 1. The summed E-state index contributed by atoms with van der Waals surface area (Å²) < 4.78 is 0. The molecular formula is C24H29N3O2. The highest BCUT2D eigenvalue weighted by Crippen LogP contribution is 2.19. The van der Waals surface area contributed by atoms with E-state index in [0.29, 0.717) is 6.54 Å². The van der Waals surface area contributed by atoms with Gasteiger partial charge in [0.15, 0.2) is 0 Å². The predicted octanol–water partition coefficient (Wildman–Crippen LogP) is 3.96. The van der Waals surface area contributed by atoms with Crippen LogP contribution < -0.4 is 16.0 Å². The fourth-order valence-corrected chi connectivity index (χ4v) is 3.49. The molecule has 0 aromatic heterocycles. The quantitative estimate of drug-likeness (QED) is 0.567. The molecule has 1 aliphatic rings. The Hall–Kier alpha value is -2.92. The number of hydrogen-bond donors (Lipinski definition) is 3. The summed E-state index contributed by atoms with van der Waals surface area (Å²) in [7, 11) is 0. The molecule has 0 aliphatic heterocycles. The molecule has 1 aliphatic carbocycles. The van der Waals surface area contributed by atoms with Gasteiger partial charge in [-0.3, -0.25) is 14.9 Å². The van der Waals surface area contributed by atoms with Crippen molar-refractivity contribution in [1.29, 1.82) is 0 Å². The Morgan fingerprint density at radius 3 is 2.34 bits per heavy atom. The van der Waals surface area contributed by atoms with E-state index >= 15 is 0 Å². The van der Waals surface area contributed by atoms with E-state index in [1.54, 1.807) is 0 Å². The minimum Gasteiger partial charge on any atom is -0.355 e. The third kappa shape index (κ3) is 6.88. The van der Waals surface area contributed by atoms with Crippen molar-refractivity contribution in [3.05, 3.63) is 77.9 Å². The van der Waals surface area contributed by atoms with Crippen LogP contribution in [0.15, 0.2) is 72.3 Å². The van der Waals surface area contributed by atoms with Crippen molar-refractivity contribution >= 4 is 17.5 Å². The maximum Gasteiger partial charge on any atom is 0.246 e. The smallest absolute Gasteiger partial charge is 0.246 e. The topological polar surface area (TPSA) is 70.2 Å². The molecule has 3 rings (SSSR count). The van der Waals surface area contributed by atoms with Crippen molar-refractivity contribution in [1.82, 2.24) is 10.6 Å². The second-order valence-electron chi connectivity index (χ2n) is 7.29. The molecule has 2 amide bonds. The minimum atomic E-state index is -0.608. The first-order chi connectivity index (χ1) is 14.2. The summed E-state index contributed by atoms with van der Waals surface area (Å²) in [5.74, 6) is -0.294. The number of allylic oxidation sites excluding steroid dienone is 1. The number of benzene rings is 2. The summed E-state index contributed by atoms with van der Waals surface area (Å²) >= 11 is 0. The van der Waals surface area contributed by atoms with Gasteiger partial charge in [0, 0.05) is 12.2 Å². The van der Waals surface area contributed by atoms with E-state index in [-0.39, 0.29) is 18.4 Å². The Morgan fingerprint density at radius 2 is 1.66 bits per heavy atom. The molecule has 1 unspecified atom stereocenters. The maximum absolute atomic E-state index is 12.8. The zero-order valence-electron chi connectivity index (χ0n) is 16.7. The van der Waals surface area contributed by atoms with Crippen LogP contribution in [0.5, 0.6) is 0 Å². The molecular weight excluding hydrogens is 362 g/mol.